The Morgan fingerprint density at radius 1 is 1.16 bits per heavy atom. The first kappa shape index (κ1) is 17.3. The number of hydrogen-bond acceptors (Lipinski definition) is 4. The van der Waals surface area contributed by atoms with Gasteiger partial charge in [-0.1, -0.05) is 18.2 Å². The van der Waals surface area contributed by atoms with Gasteiger partial charge >= 0.3 is 5.97 Å². The van der Waals surface area contributed by atoms with Crippen molar-refractivity contribution in [2.24, 2.45) is 0 Å². The molecule has 0 bridgehead atoms. The summed E-state index contributed by atoms with van der Waals surface area (Å²) in [5, 5.41) is 3.68. The van der Waals surface area contributed by atoms with Gasteiger partial charge in [0.2, 0.25) is 0 Å². The monoisotopic (exact) mass is 446 g/mol. The molecular weight excluding hydrogens is 431 g/mol. The number of amides is 1. The molecule has 3 aromatic rings. The fourth-order valence-corrected chi connectivity index (χ4v) is 3.00. The Balaban J connectivity index is 1.84. The lowest BCUT2D eigenvalue weighted by Gasteiger charge is -2.08. The third-order valence-corrected chi connectivity index (χ3v) is 4.51. The van der Waals surface area contributed by atoms with Crippen LogP contribution in [0.15, 0.2) is 54.7 Å². The maximum absolute atomic E-state index is 12.4. The van der Waals surface area contributed by atoms with E-state index in [9.17, 15) is 9.59 Å². The van der Waals surface area contributed by atoms with Crippen molar-refractivity contribution in [1.29, 1.82) is 0 Å². The van der Waals surface area contributed by atoms with Crippen molar-refractivity contribution in [1.82, 2.24) is 4.98 Å². The van der Waals surface area contributed by atoms with Gasteiger partial charge in [-0.05, 0) is 59.8 Å². The number of halogens is 1. The van der Waals surface area contributed by atoms with E-state index in [1.54, 1.807) is 31.2 Å². The first-order chi connectivity index (χ1) is 12.1. The number of carbonyl (C=O) groups excluding carboxylic acids is 2. The van der Waals surface area contributed by atoms with Gasteiger partial charge in [-0.3, -0.25) is 9.78 Å². The number of nitrogens with one attached hydrogen (secondary N) is 1. The molecule has 1 amide bonds. The average molecular weight is 446 g/mol. The number of rotatable bonds is 4. The molecule has 0 saturated carbocycles. The lowest BCUT2D eigenvalue weighted by molar-refractivity contribution is 0.0526. The van der Waals surface area contributed by atoms with Crippen LogP contribution in [0.4, 0.5) is 5.69 Å². The number of nitrogens with zero attached hydrogens (tertiary/aromatic N) is 1. The van der Waals surface area contributed by atoms with Crippen molar-refractivity contribution in [3.8, 4) is 0 Å². The number of esters is 1. The predicted octanol–water partition coefficient (Wildman–Crippen LogP) is 4.27. The fraction of sp³-hybridized carbons (Fsp3) is 0.105. The van der Waals surface area contributed by atoms with Gasteiger partial charge < -0.3 is 10.1 Å². The number of benzene rings is 2. The van der Waals surface area contributed by atoms with Crippen LogP contribution in [0.5, 0.6) is 0 Å². The highest BCUT2D eigenvalue weighted by atomic mass is 127. The van der Waals surface area contributed by atoms with Gasteiger partial charge in [-0.25, -0.2) is 4.79 Å². The predicted molar refractivity (Wildman–Crippen MR) is 105 cm³/mol. The molecule has 0 radical (unpaired) electrons. The second kappa shape index (κ2) is 7.60. The molecule has 6 heteroatoms. The Kier molecular flexibility index (Phi) is 5.28. The second-order valence-electron chi connectivity index (χ2n) is 5.29. The molecule has 25 heavy (non-hydrogen) atoms. The zero-order valence-corrected chi connectivity index (χ0v) is 15.6. The van der Waals surface area contributed by atoms with Crippen molar-refractivity contribution in [3.63, 3.8) is 0 Å². The lowest BCUT2D eigenvalue weighted by Crippen LogP contribution is -2.13. The van der Waals surface area contributed by atoms with Gasteiger partial charge in [0.15, 0.2) is 0 Å². The number of ether oxygens (including phenoxy) is 1. The van der Waals surface area contributed by atoms with Crippen LogP contribution in [0.2, 0.25) is 0 Å². The number of fused-ring (bicyclic) bond motifs is 1. The molecule has 0 aliphatic rings. The molecule has 0 fully saturated rings. The van der Waals surface area contributed by atoms with Crippen LogP contribution in [0.1, 0.15) is 27.6 Å². The van der Waals surface area contributed by atoms with Crippen LogP contribution in [0.3, 0.4) is 0 Å². The SMILES string of the molecule is CCOC(=O)c1cnc2cc(NC(=O)c3ccccc3I)ccc2c1. The molecule has 126 valence electrons. The van der Waals surface area contributed by atoms with E-state index in [-0.39, 0.29) is 5.91 Å². The van der Waals surface area contributed by atoms with E-state index in [0.717, 1.165) is 8.96 Å². The summed E-state index contributed by atoms with van der Waals surface area (Å²) in [7, 11) is 0. The zero-order valence-electron chi connectivity index (χ0n) is 13.5. The quantitative estimate of drug-likeness (QED) is 0.480. The van der Waals surface area contributed by atoms with Crippen LogP contribution in [0, 0.1) is 3.57 Å². The van der Waals surface area contributed by atoms with Crippen LogP contribution in [0.25, 0.3) is 10.9 Å². The van der Waals surface area contributed by atoms with Gasteiger partial charge in [0.05, 0.1) is 23.3 Å². The molecule has 3 rings (SSSR count). The van der Waals surface area contributed by atoms with E-state index in [2.05, 4.69) is 32.9 Å². The molecule has 2 aromatic carbocycles. The van der Waals surface area contributed by atoms with Gasteiger partial charge in [0, 0.05) is 20.8 Å². The molecule has 1 heterocycles. The Morgan fingerprint density at radius 3 is 2.72 bits per heavy atom. The Labute approximate surface area is 158 Å². The number of carbonyl (C=O) groups is 2. The number of hydrogen-bond donors (Lipinski definition) is 1. The average Bonchev–Trinajstić information content (AvgIpc) is 2.61. The molecule has 0 atom stereocenters. The van der Waals surface area contributed by atoms with Crippen LogP contribution < -0.4 is 5.32 Å². The molecule has 0 saturated heterocycles. The third-order valence-electron chi connectivity index (χ3n) is 3.57. The zero-order chi connectivity index (χ0) is 17.8. The highest BCUT2D eigenvalue weighted by Gasteiger charge is 2.11. The summed E-state index contributed by atoms with van der Waals surface area (Å²) < 4.78 is 5.86. The van der Waals surface area contributed by atoms with E-state index in [0.29, 0.717) is 28.9 Å². The number of pyridine rings is 1. The minimum absolute atomic E-state index is 0.174. The van der Waals surface area contributed by atoms with Crippen LogP contribution in [-0.2, 0) is 4.74 Å². The van der Waals surface area contributed by atoms with E-state index < -0.39 is 5.97 Å². The molecule has 5 nitrogen and oxygen atoms in total. The van der Waals surface area contributed by atoms with Crippen LogP contribution >= 0.6 is 22.6 Å². The van der Waals surface area contributed by atoms with Crippen LogP contribution in [-0.4, -0.2) is 23.5 Å². The summed E-state index contributed by atoms with van der Waals surface area (Å²) in [6.45, 7) is 2.08. The van der Waals surface area contributed by atoms with Crippen molar-refractivity contribution in [2.45, 2.75) is 6.92 Å². The summed E-state index contributed by atoms with van der Waals surface area (Å²) in [4.78, 5) is 28.4. The maximum atomic E-state index is 12.4. The minimum atomic E-state index is -0.395. The highest BCUT2D eigenvalue weighted by Crippen LogP contribution is 2.20. The third kappa shape index (κ3) is 3.96. The van der Waals surface area contributed by atoms with Gasteiger partial charge in [-0.2, -0.15) is 0 Å². The molecule has 0 spiro atoms. The second-order valence-corrected chi connectivity index (χ2v) is 6.45. The topological polar surface area (TPSA) is 68.3 Å². The van der Waals surface area contributed by atoms with Crippen molar-refractivity contribution in [2.75, 3.05) is 11.9 Å². The molecular formula is C19H15IN2O3. The number of anilines is 1. The maximum Gasteiger partial charge on any atom is 0.339 e. The van der Waals surface area contributed by atoms with E-state index in [4.69, 9.17) is 4.74 Å². The largest absolute Gasteiger partial charge is 0.462 e. The summed E-state index contributed by atoms with van der Waals surface area (Å²) in [6.07, 6.45) is 1.48. The Bertz CT molecular complexity index is 956. The standard InChI is InChI=1S/C19H15IN2O3/c1-2-25-19(24)13-9-12-7-8-14(10-17(12)21-11-13)22-18(23)15-5-3-4-6-16(15)20/h3-11H,2H2,1H3,(H,22,23). The van der Waals surface area contributed by atoms with Crippen molar-refractivity contribution in [3.05, 3.63) is 69.4 Å². The Hall–Kier alpha value is -2.48. The molecule has 1 N–H and O–H groups in total. The van der Waals surface area contributed by atoms with Gasteiger partial charge in [0.25, 0.3) is 5.91 Å². The van der Waals surface area contributed by atoms with Gasteiger partial charge in [-0.15, -0.1) is 0 Å². The molecule has 1 aromatic heterocycles. The van der Waals surface area contributed by atoms with E-state index in [1.165, 1.54) is 6.20 Å². The summed E-state index contributed by atoms with van der Waals surface area (Å²) in [5.41, 5.74) is 2.36. The lowest BCUT2D eigenvalue weighted by atomic mass is 10.1. The number of aromatic nitrogens is 1. The first-order valence-electron chi connectivity index (χ1n) is 7.71. The minimum Gasteiger partial charge on any atom is -0.462 e. The van der Waals surface area contributed by atoms with Crippen molar-refractivity contribution < 1.29 is 14.3 Å². The molecule has 0 aliphatic carbocycles. The molecule has 0 unspecified atom stereocenters. The normalized spacial score (nSPS) is 10.5. The summed E-state index contributed by atoms with van der Waals surface area (Å²) >= 11 is 2.13. The van der Waals surface area contributed by atoms with Crippen molar-refractivity contribution >= 4 is 51.1 Å². The summed E-state index contributed by atoms with van der Waals surface area (Å²) in [6, 6.07) is 14.5. The molecule has 0 aliphatic heterocycles. The fourth-order valence-electron chi connectivity index (χ4n) is 2.37. The smallest absolute Gasteiger partial charge is 0.339 e. The Morgan fingerprint density at radius 2 is 1.96 bits per heavy atom. The van der Waals surface area contributed by atoms with Gasteiger partial charge in [0.1, 0.15) is 0 Å². The first-order valence-corrected chi connectivity index (χ1v) is 8.79. The van der Waals surface area contributed by atoms with E-state index in [1.807, 2.05) is 24.3 Å². The summed E-state index contributed by atoms with van der Waals surface area (Å²) in [5.74, 6) is -0.569. The van der Waals surface area contributed by atoms with E-state index >= 15 is 0 Å². The highest BCUT2D eigenvalue weighted by molar-refractivity contribution is 14.1.